The molecule has 0 bridgehead atoms. The van der Waals surface area contributed by atoms with Crippen molar-refractivity contribution in [3.05, 3.63) is 59.5 Å². The molecule has 1 aromatic carbocycles. The fraction of sp³-hybridized carbons (Fsp3) is 0.214. The van der Waals surface area contributed by atoms with Crippen molar-refractivity contribution < 1.29 is 18.0 Å². The number of alkyl halides is 2. The summed E-state index contributed by atoms with van der Waals surface area (Å²) >= 11 is 0.461. The summed E-state index contributed by atoms with van der Waals surface area (Å²) in [6, 6.07) is 12.5. The number of benzene rings is 1. The third-order valence-corrected chi connectivity index (χ3v) is 3.24. The van der Waals surface area contributed by atoms with Gasteiger partial charge >= 0.3 is 0 Å². The van der Waals surface area contributed by atoms with E-state index < -0.39 is 5.76 Å². The standard InChI is InChI=1S/C14H13F2NO2S/c15-14(16)20-9-11-6-7-12(19-11)13(18)17-8-10-4-2-1-3-5-10/h1-7,14H,8-9H2,(H,17,18). The minimum atomic E-state index is -2.45. The number of carbonyl (C=O) groups is 1. The van der Waals surface area contributed by atoms with Gasteiger partial charge in [0.15, 0.2) is 5.76 Å². The summed E-state index contributed by atoms with van der Waals surface area (Å²) in [4.78, 5) is 11.8. The molecule has 1 N–H and O–H groups in total. The summed E-state index contributed by atoms with van der Waals surface area (Å²) < 4.78 is 29.3. The lowest BCUT2D eigenvalue weighted by molar-refractivity contribution is 0.0922. The number of hydrogen-bond acceptors (Lipinski definition) is 3. The molecule has 20 heavy (non-hydrogen) atoms. The van der Waals surface area contributed by atoms with Gasteiger partial charge < -0.3 is 9.73 Å². The van der Waals surface area contributed by atoms with Crippen molar-refractivity contribution in [2.75, 3.05) is 0 Å². The number of halogens is 2. The molecule has 2 rings (SSSR count). The normalized spacial score (nSPS) is 10.8. The van der Waals surface area contributed by atoms with E-state index in [1.165, 1.54) is 12.1 Å². The summed E-state index contributed by atoms with van der Waals surface area (Å²) in [6.07, 6.45) is 0. The zero-order chi connectivity index (χ0) is 14.4. The maximum absolute atomic E-state index is 12.0. The van der Waals surface area contributed by atoms with Crippen LogP contribution in [0.1, 0.15) is 21.9 Å². The molecule has 0 atom stereocenters. The molecule has 0 aliphatic heterocycles. The summed E-state index contributed by atoms with van der Waals surface area (Å²) in [7, 11) is 0. The van der Waals surface area contributed by atoms with Crippen LogP contribution >= 0.6 is 11.8 Å². The summed E-state index contributed by atoms with van der Waals surface area (Å²) in [5.74, 6) is -2.27. The van der Waals surface area contributed by atoms with Crippen LogP contribution in [0, 0.1) is 0 Å². The van der Waals surface area contributed by atoms with Gasteiger partial charge in [-0.25, -0.2) is 0 Å². The lowest BCUT2D eigenvalue weighted by Crippen LogP contribution is -2.22. The maximum atomic E-state index is 12.0. The molecule has 6 heteroatoms. The van der Waals surface area contributed by atoms with E-state index in [0.29, 0.717) is 24.1 Å². The van der Waals surface area contributed by atoms with Crippen molar-refractivity contribution in [1.82, 2.24) is 5.32 Å². The van der Waals surface area contributed by atoms with Gasteiger partial charge in [0.25, 0.3) is 11.7 Å². The number of carbonyl (C=O) groups excluding carboxylic acids is 1. The Kier molecular flexibility index (Phi) is 5.17. The monoisotopic (exact) mass is 297 g/mol. The van der Waals surface area contributed by atoms with Crippen LogP contribution in [-0.2, 0) is 12.3 Å². The van der Waals surface area contributed by atoms with Crippen molar-refractivity contribution in [3.8, 4) is 0 Å². The zero-order valence-corrected chi connectivity index (χ0v) is 11.3. The van der Waals surface area contributed by atoms with Crippen molar-refractivity contribution in [3.63, 3.8) is 0 Å². The number of nitrogens with one attached hydrogen (secondary N) is 1. The van der Waals surface area contributed by atoms with E-state index in [2.05, 4.69) is 5.32 Å². The molecule has 0 saturated carbocycles. The molecular formula is C14H13F2NO2S. The molecule has 0 aliphatic rings. The van der Waals surface area contributed by atoms with E-state index in [-0.39, 0.29) is 17.4 Å². The van der Waals surface area contributed by atoms with E-state index in [1.807, 2.05) is 30.3 Å². The van der Waals surface area contributed by atoms with E-state index in [0.717, 1.165) is 5.56 Å². The Morgan fingerprint density at radius 2 is 1.95 bits per heavy atom. The fourth-order valence-corrected chi connectivity index (χ4v) is 2.03. The largest absolute Gasteiger partial charge is 0.455 e. The lowest BCUT2D eigenvalue weighted by Gasteiger charge is -2.03. The Morgan fingerprint density at radius 3 is 2.65 bits per heavy atom. The lowest BCUT2D eigenvalue weighted by atomic mass is 10.2. The van der Waals surface area contributed by atoms with Crippen LogP contribution in [0.25, 0.3) is 0 Å². The summed E-state index contributed by atoms with van der Waals surface area (Å²) in [5.41, 5.74) is 0.973. The van der Waals surface area contributed by atoms with Crippen LogP contribution < -0.4 is 5.32 Å². The molecule has 0 fully saturated rings. The minimum Gasteiger partial charge on any atom is -0.455 e. The van der Waals surface area contributed by atoms with E-state index in [4.69, 9.17) is 4.42 Å². The van der Waals surface area contributed by atoms with Gasteiger partial charge in [-0.2, -0.15) is 8.78 Å². The highest BCUT2D eigenvalue weighted by atomic mass is 32.2. The van der Waals surface area contributed by atoms with Crippen LogP contribution in [-0.4, -0.2) is 11.7 Å². The Bertz CT molecular complexity index is 557. The van der Waals surface area contributed by atoms with Gasteiger partial charge in [0.05, 0.1) is 5.75 Å². The molecule has 0 radical (unpaired) electrons. The Labute approximate surface area is 119 Å². The smallest absolute Gasteiger partial charge is 0.287 e. The Hall–Kier alpha value is -1.82. The first-order valence-corrected chi connectivity index (χ1v) is 7.00. The van der Waals surface area contributed by atoms with Gasteiger partial charge in [0.1, 0.15) is 5.76 Å². The third kappa shape index (κ3) is 4.38. The van der Waals surface area contributed by atoms with Gasteiger partial charge in [-0.05, 0) is 17.7 Å². The number of rotatable bonds is 6. The molecule has 0 saturated heterocycles. The fourth-order valence-electron chi connectivity index (χ4n) is 1.59. The molecule has 1 aromatic heterocycles. The van der Waals surface area contributed by atoms with Crippen molar-refractivity contribution in [2.45, 2.75) is 18.1 Å². The van der Waals surface area contributed by atoms with Crippen LogP contribution in [0.3, 0.4) is 0 Å². The molecule has 1 amide bonds. The molecule has 1 heterocycles. The molecule has 106 valence electrons. The van der Waals surface area contributed by atoms with Crippen molar-refractivity contribution in [1.29, 1.82) is 0 Å². The predicted molar refractivity (Wildman–Crippen MR) is 73.6 cm³/mol. The van der Waals surface area contributed by atoms with E-state index in [1.54, 1.807) is 0 Å². The number of furan rings is 1. The van der Waals surface area contributed by atoms with Gasteiger partial charge in [-0.1, -0.05) is 42.1 Å². The molecule has 2 aromatic rings. The first kappa shape index (κ1) is 14.6. The molecule has 0 spiro atoms. The maximum Gasteiger partial charge on any atom is 0.287 e. The SMILES string of the molecule is O=C(NCc1ccccc1)c1ccc(CSC(F)F)o1. The predicted octanol–water partition coefficient (Wildman–Crippen LogP) is 3.67. The highest BCUT2D eigenvalue weighted by Gasteiger charge is 2.12. The second-order valence-electron chi connectivity index (χ2n) is 4.01. The average molecular weight is 297 g/mol. The van der Waals surface area contributed by atoms with E-state index >= 15 is 0 Å². The highest BCUT2D eigenvalue weighted by Crippen LogP contribution is 2.21. The van der Waals surface area contributed by atoms with Crippen LogP contribution in [0.5, 0.6) is 0 Å². The zero-order valence-electron chi connectivity index (χ0n) is 10.5. The number of thioether (sulfide) groups is 1. The molecule has 0 aliphatic carbocycles. The van der Waals surface area contributed by atoms with Crippen molar-refractivity contribution in [2.24, 2.45) is 0 Å². The molecular weight excluding hydrogens is 284 g/mol. The first-order valence-electron chi connectivity index (χ1n) is 5.96. The topological polar surface area (TPSA) is 42.2 Å². The minimum absolute atomic E-state index is 0.0453. The average Bonchev–Trinajstić information content (AvgIpc) is 2.92. The third-order valence-electron chi connectivity index (χ3n) is 2.53. The van der Waals surface area contributed by atoms with Gasteiger partial charge in [0, 0.05) is 6.54 Å². The second-order valence-corrected chi connectivity index (χ2v) is 4.98. The quantitative estimate of drug-likeness (QED) is 0.884. The highest BCUT2D eigenvalue weighted by molar-refractivity contribution is 7.98. The van der Waals surface area contributed by atoms with E-state index in [9.17, 15) is 13.6 Å². The molecule has 3 nitrogen and oxygen atoms in total. The number of amides is 1. The molecule has 0 unspecified atom stereocenters. The van der Waals surface area contributed by atoms with Gasteiger partial charge in [-0.3, -0.25) is 4.79 Å². The van der Waals surface area contributed by atoms with Gasteiger partial charge in [0.2, 0.25) is 0 Å². The van der Waals surface area contributed by atoms with Crippen molar-refractivity contribution >= 4 is 17.7 Å². The van der Waals surface area contributed by atoms with Gasteiger partial charge in [-0.15, -0.1) is 0 Å². The van der Waals surface area contributed by atoms with Crippen LogP contribution in [0.2, 0.25) is 0 Å². The Morgan fingerprint density at radius 1 is 1.20 bits per heavy atom. The Balaban J connectivity index is 1.86. The second kappa shape index (κ2) is 7.09. The summed E-state index contributed by atoms with van der Waals surface area (Å²) in [6.45, 7) is 0.390. The first-order chi connectivity index (χ1) is 9.65. The summed E-state index contributed by atoms with van der Waals surface area (Å²) in [5, 5.41) is 2.71. The number of hydrogen-bond donors (Lipinski definition) is 1. The van der Waals surface area contributed by atoms with Crippen LogP contribution in [0.15, 0.2) is 46.9 Å². The van der Waals surface area contributed by atoms with Crippen LogP contribution in [0.4, 0.5) is 8.78 Å².